The third kappa shape index (κ3) is 2.71. The summed E-state index contributed by atoms with van der Waals surface area (Å²) < 4.78 is 0. The van der Waals surface area contributed by atoms with Gasteiger partial charge in [0, 0.05) is 11.9 Å². The minimum atomic E-state index is -1.01. The zero-order chi connectivity index (χ0) is 12.3. The second kappa shape index (κ2) is 5.27. The number of Topliss-reactive ketones (excluding diaryl/α,β-unsaturated/α-hetero) is 1. The van der Waals surface area contributed by atoms with Gasteiger partial charge in [0.1, 0.15) is 5.38 Å². The first-order chi connectivity index (χ1) is 7.47. The topological polar surface area (TPSA) is 60.2 Å². The quantitative estimate of drug-likeness (QED) is 0.475. The summed E-state index contributed by atoms with van der Waals surface area (Å²) in [5.41, 5.74) is 0.718. The summed E-state index contributed by atoms with van der Waals surface area (Å²) in [5, 5.41) is 9.74. The molecule has 86 valence electrons. The molecule has 0 saturated carbocycles. The van der Waals surface area contributed by atoms with E-state index in [1.807, 2.05) is 0 Å². The lowest BCUT2D eigenvalue weighted by molar-refractivity contribution is -0.385. The summed E-state index contributed by atoms with van der Waals surface area (Å²) in [6, 6.07) is 4.34. The van der Waals surface area contributed by atoms with Gasteiger partial charge in [-0.3, -0.25) is 14.9 Å². The Hall–Kier alpha value is -1.13. The molecule has 16 heavy (non-hydrogen) atoms. The van der Waals surface area contributed by atoms with Crippen LogP contribution in [0.15, 0.2) is 18.2 Å². The van der Waals surface area contributed by atoms with Crippen LogP contribution in [0, 0.1) is 10.1 Å². The Balaban J connectivity index is 3.30. The first-order valence-corrected chi connectivity index (χ1v) is 5.42. The van der Waals surface area contributed by atoms with Crippen molar-refractivity contribution < 1.29 is 9.72 Å². The van der Waals surface area contributed by atoms with Crippen molar-refractivity contribution in [3.63, 3.8) is 0 Å². The van der Waals surface area contributed by atoms with Crippen LogP contribution in [0.2, 0.25) is 0 Å². The van der Waals surface area contributed by atoms with E-state index < -0.39 is 10.3 Å². The van der Waals surface area contributed by atoms with Crippen molar-refractivity contribution in [3.8, 4) is 0 Å². The van der Waals surface area contributed by atoms with Crippen molar-refractivity contribution in [2.75, 3.05) is 0 Å². The number of alkyl halides is 2. The molecule has 0 aliphatic heterocycles. The molecule has 0 bridgehead atoms. The molecule has 0 fully saturated rings. The Morgan fingerprint density at radius 3 is 2.62 bits per heavy atom. The van der Waals surface area contributed by atoms with Crippen molar-refractivity contribution in [3.05, 3.63) is 39.4 Å². The predicted octanol–water partition coefficient (Wildman–Crippen LogP) is 3.20. The lowest BCUT2D eigenvalue weighted by atomic mass is 10.0. The molecular formula is C10H9Cl2NO3. The molecule has 6 heteroatoms. The molecule has 0 heterocycles. The number of benzene rings is 1. The fourth-order valence-corrected chi connectivity index (χ4v) is 1.62. The van der Waals surface area contributed by atoms with E-state index in [-0.39, 0.29) is 22.9 Å². The molecule has 0 spiro atoms. The lowest BCUT2D eigenvalue weighted by Crippen LogP contribution is -2.05. The molecule has 0 aromatic heterocycles. The third-order valence-electron chi connectivity index (χ3n) is 2.07. The fourth-order valence-electron chi connectivity index (χ4n) is 1.28. The van der Waals surface area contributed by atoms with Gasteiger partial charge >= 0.3 is 0 Å². The van der Waals surface area contributed by atoms with E-state index in [0.29, 0.717) is 5.56 Å². The molecule has 0 aliphatic carbocycles. The number of nitro benzene ring substituents is 1. The Kier molecular flexibility index (Phi) is 4.26. The van der Waals surface area contributed by atoms with Crippen LogP contribution in [0.4, 0.5) is 5.69 Å². The fraction of sp³-hybridized carbons (Fsp3) is 0.300. The summed E-state index contributed by atoms with van der Waals surface area (Å²) in [6.45, 7) is 1.29. The minimum absolute atomic E-state index is 0.163. The molecule has 0 amide bonds. The number of carbonyl (C=O) groups excluding carboxylic acids is 1. The van der Waals surface area contributed by atoms with Crippen molar-refractivity contribution in [2.45, 2.75) is 18.2 Å². The number of rotatable bonds is 4. The number of nitro groups is 1. The smallest absolute Gasteiger partial charge is 0.274 e. The SMILES string of the molecule is CC(=O)C(Cl)c1cc(CCl)ccc1[N+](=O)[O-]. The van der Waals surface area contributed by atoms with Crippen LogP contribution in [0.3, 0.4) is 0 Å². The average Bonchev–Trinajstić information content (AvgIpc) is 2.26. The predicted molar refractivity (Wildman–Crippen MR) is 61.9 cm³/mol. The highest BCUT2D eigenvalue weighted by atomic mass is 35.5. The van der Waals surface area contributed by atoms with Gasteiger partial charge in [-0.25, -0.2) is 0 Å². The van der Waals surface area contributed by atoms with Gasteiger partial charge in [-0.15, -0.1) is 23.2 Å². The van der Waals surface area contributed by atoms with E-state index in [4.69, 9.17) is 23.2 Å². The normalized spacial score (nSPS) is 12.2. The lowest BCUT2D eigenvalue weighted by Gasteiger charge is -2.08. The van der Waals surface area contributed by atoms with Crippen LogP contribution >= 0.6 is 23.2 Å². The van der Waals surface area contributed by atoms with Crippen LogP contribution in [0.5, 0.6) is 0 Å². The Labute approximate surface area is 102 Å². The Morgan fingerprint density at radius 1 is 1.56 bits per heavy atom. The maximum atomic E-state index is 11.1. The number of carbonyl (C=O) groups is 1. The second-order valence-electron chi connectivity index (χ2n) is 3.26. The maximum Gasteiger partial charge on any atom is 0.274 e. The monoisotopic (exact) mass is 261 g/mol. The second-order valence-corrected chi connectivity index (χ2v) is 3.96. The summed E-state index contributed by atoms with van der Waals surface area (Å²) in [5.74, 6) is -0.122. The highest BCUT2D eigenvalue weighted by Gasteiger charge is 2.23. The largest absolute Gasteiger partial charge is 0.298 e. The van der Waals surface area contributed by atoms with E-state index in [9.17, 15) is 14.9 Å². The van der Waals surface area contributed by atoms with E-state index in [0.717, 1.165) is 0 Å². The van der Waals surface area contributed by atoms with Crippen LogP contribution in [-0.2, 0) is 10.7 Å². The summed E-state index contributed by atoms with van der Waals surface area (Å²) in [6.07, 6.45) is 0. The highest BCUT2D eigenvalue weighted by molar-refractivity contribution is 6.31. The van der Waals surface area contributed by atoms with Crippen LogP contribution in [-0.4, -0.2) is 10.7 Å². The molecule has 0 N–H and O–H groups in total. The van der Waals surface area contributed by atoms with E-state index in [1.54, 1.807) is 6.07 Å². The van der Waals surface area contributed by atoms with Gasteiger partial charge < -0.3 is 0 Å². The van der Waals surface area contributed by atoms with Crippen molar-refractivity contribution in [2.24, 2.45) is 0 Å². The van der Waals surface area contributed by atoms with Gasteiger partial charge in [-0.2, -0.15) is 0 Å². The van der Waals surface area contributed by atoms with Crippen molar-refractivity contribution in [1.82, 2.24) is 0 Å². The standard InChI is InChI=1S/C10H9Cl2NO3/c1-6(14)10(12)8-4-7(5-11)2-3-9(8)13(15)16/h2-4,10H,5H2,1H3. The molecule has 1 aromatic rings. The summed E-state index contributed by atoms with van der Waals surface area (Å²) in [7, 11) is 0. The van der Waals surface area contributed by atoms with Gasteiger partial charge in [0.05, 0.1) is 10.5 Å². The number of hydrogen-bond donors (Lipinski definition) is 0. The molecule has 4 nitrogen and oxygen atoms in total. The van der Waals surface area contributed by atoms with Crippen LogP contribution in [0.1, 0.15) is 23.4 Å². The first-order valence-electron chi connectivity index (χ1n) is 4.45. The van der Waals surface area contributed by atoms with Crippen molar-refractivity contribution >= 4 is 34.7 Å². The first kappa shape index (κ1) is 12.9. The van der Waals surface area contributed by atoms with Gasteiger partial charge in [-0.05, 0) is 18.6 Å². The van der Waals surface area contributed by atoms with Gasteiger partial charge in [0.2, 0.25) is 0 Å². The maximum absolute atomic E-state index is 11.1. The zero-order valence-electron chi connectivity index (χ0n) is 8.44. The number of hydrogen-bond acceptors (Lipinski definition) is 3. The van der Waals surface area contributed by atoms with Crippen LogP contribution < -0.4 is 0 Å². The molecule has 0 aliphatic rings. The molecule has 1 unspecified atom stereocenters. The molecular weight excluding hydrogens is 253 g/mol. The Morgan fingerprint density at radius 2 is 2.19 bits per heavy atom. The number of halogens is 2. The molecule has 0 saturated heterocycles. The van der Waals surface area contributed by atoms with E-state index in [1.165, 1.54) is 19.1 Å². The van der Waals surface area contributed by atoms with Gasteiger partial charge in [0.25, 0.3) is 5.69 Å². The zero-order valence-corrected chi connectivity index (χ0v) is 9.96. The van der Waals surface area contributed by atoms with Crippen molar-refractivity contribution in [1.29, 1.82) is 0 Å². The Bertz CT molecular complexity index is 434. The van der Waals surface area contributed by atoms with Crippen LogP contribution in [0.25, 0.3) is 0 Å². The molecule has 0 radical (unpaired) electrons. The summed E-state index contributed by atoms with van der Waals surface area (Å²) >= 11 is 11.4. The van der Waals surface area contributed by atoms with Gasteiger partial charge in [-0.1, -0.05) is 6.07 Å². The number of nitrogens with zero attached hydrogens (tertiary/aromatic N) is 1. The molecule has 1 rings (SSSR count). The molecule has 1 atom stereocenters. The minimum Gasteiger partial charge on any atom is -0.298 e. The van der Waals surface area contributed by atoms with Gasteiger partial charge in [0.15, 0.2) is 5.78 Å². The van der Waals surface area contributed by atoms with E-state index >= 15 is 0 Å². The third-order valence-corrected chi connectivity index (χ3v) is 2.92. The number of ketones is 1. The summed E-state index contributed by atoms with van der Waals surface area (Å²) in [4.78, 5) is 21.3. The molecule has 1 aromatic carbocycles. The highest BCUT2D eigenvalue weighted by Crippen LogP contribution is 2.31. The average molecular weight is 262 g/mol. The van der Waals surface area contributed by atoms with E-state index in [2.05, 4.69) is 0 Å².